The van der Waals surface area contributed by atoms with Crippen LogP contribution in [0.3, 0.4) is 0 Å². The Kier molecular flexibility index (Phi) is 5.68. The van der Waals surface area contributed by atoms with Gasteiger partial charge >= 0.3 is 5.97 Å². The molecule has 3 aliphatic heterocycles. The number of piperazine rings is 1. The van der Waals surface area contributed by atoms with Crippen LogP contribution in [-0.4, -0.2) is 61.1 Å². The van der Waals surface area contributed by atoms with E-state index in [2.05, 4.69) is 22.8 Å². The zero-order valence-electron chi connectivity index (χ0n) is 18.1. The van der Waals surface area contributed by atoms with Crippen molar-refractivity contribution in [2.24, 2.45) is 0 Å². The van der Waals surface area contributed by atoms with Crippen molar-refractivity contribution in [2.75, 3.05) is 39.3 Å². The fraction of sp³-hybridized carbons (Fsp3) is 0.440. The molecule has 0 bridgehead atoms. The first-order valence-corrected chi connectivity index (χ1v) is 11.1. The second kappa shape index (κ2) is 8.62. The Hall–Kier alpha value is -2.79. The molecule has 0 unspecified atom stereocenters. The molecule has 7 heteroatoms. The Bertz CT molecular complexity index is 1100. The second-order valence-electron chi connectivity index (χ2n) is 8.82. The summed E-state index contributed by atoms with van der Waals surface area (Å²) in [5, 5.41) is 8.93. The maximum Gasteiger partial charge on any atom is 0.338 e. The molecular weight excluding hydrogens is 409 g/mol. The summed E-state index contributed by atoms with van der Waals surface area (Å²) in [5.41, 5.74) is 5.03. The van der Waals surface area contributed by atoms with Crippen LogP contribution in [0, 0.1) is 24.1 Å². The molecule has 3 aliphatic rings. The predicted octanol–water partition coefficient (Wildman–Crippen LogP) is 2.98. The zero-order valence-corrected chi connectivity index (χ0v) is 18.1. The van der Waals surface area contributed by atoms with Crippen molar-refractivity contribution in [3.8, 4) is 6.07 Å². The van der Waals surface area contributed by atoms with Gasteiger partial charge in [0.25, 0.3) is 0 Å². The van der Waals surface area contributed by atoms with Gasteiger partial charge in [-0.1, -0.05) is 12.1 Å². The smallest absolute Gasteiger partial charge is 0.338 e. The number of nitrogens with zero attached hydrogens (tertiary/aromatic N) is 3. The van der Waals surface area contributed by atoms with Crippen molar-refractivity contribution in [3.05, 3.63) is 69.5 Å². The number of nitriles is 1. The number of benzene rings is 2. The minimum Gasteiger partial charge on any atom is -0.457 e. The van der Waals surface area contributed by atoms with Crippen LogP contribution >= 0.6 is 0 Å². The van der Waals surface area contributed by atoms with Gasteiger partial charge in [-0.15, -0.1) is 0 Å². The quantitative estimate of drug-likeness (QED) is 0.688. The van der Waals surface area contributed by atoms with Gasteiger partial charge < -0.3 is 14.4 Å². The van der Waals surface area contributed by atoms with E-state index in [0.29, 0.717) is 24.8 Å². The molecule has 0 N–H and O–H groups in total. The van der Waals surface area contributed by atoms with E-state index in [9.17, 15) is 9.18 Å². The van der Waals surface area contributed by atoms with E-state index >= 15 is 0 Å². The molecule has 2 atom stereocenters. The van der Waals surface area contributed by atoms with Gasteiger partial charge in [0.2, 0.25) is 0 Å². The SMILES string of the molecule is Cc1c(CCN2CCN3C[C@@H](c4ccc(C#N)c(F)c4)OC[C@H]3C2)ccc2c1COC2=O. The van der Waals surface area contributed by atoms with E-state index < -0.39 is 5.82 Å². The van der Waals surface area contributed by atoms with E-state index in [-0.39, 0.29) is 17.6 Å². The molecule has 5 rings (SSSR count). The lowest BCUT2D eigenvalue weighted by Crippen LogP contribution is -2.58. The molecule has 2 saturated heterocycles. The standard InChI is InChI=1S/C25H26FN3O3/c1-16-17(4-5-21-22(16)15-32-25(21)30)6-7-28-8-9-29-13-24(31-14-20(29)12-28)18-2-3-19(11-27)23(26)10-18/h2-5,10,20,24H,6-9,12-15H2,1H3/t20-,24+/m1/s1. The van der Waals surface area contributed by atoms with Crippen molar-refractivity contribution in [1.82, 2.24) is 9.80 Å². The molecule has 0 radical (unpaired) electrons. The van der Waals surface area contributed by atoms with Gasteiger partial charge in [0.15, 0.2) is 0 Å². The molecule has 2 aromatic rings. The third-order valence-corrected chi connectivity index (χ3v) is 7.04. The van der Waals surface area contributed by atoms with E-state index in [1.807, 2.05) is 12.1 Å². The third-order valence-electron chi connectivity index (χ3n) is 7.04. The van der Waals surface area contributed by atoms with E-state index in [0.717, 1.165) is 50.3 Å². The molecule has 2 aromatic carbocycles. The Balaban J connectivity index is 1.17. The van der Waals surface area contributed by atoms with E-state index in [1.165, 1.54) is 23.3 Å². The lowest BCUT2D eigenvalue weighted by Gasteiger charge is -2.46. The van der Waals surface area contributed by atoms with Crippen molar-refractivity contribution in [2.45, 2.75) is 32.1 Å². The van der Waals surface area contributed by atoms with Crippen LogP contribution in [0.2, 0.25) is 0 Å². The first kappa shape index (κ1) is 21.1. The van der Waals surface area contributed by atoms with Gasteiger partial charge in [0.1, 0.15) is 18.5 Å². The Morgan fingerprint density at radius 3 is 2.91 bits per heavy atom. The maximum absolute atomic E-state index is 14.0. The number of carbonyl (C=O) groups is 1. The highest BCUT2D eigenvalue weighted by Crippen LogP contribution is 2.29. The number of halogens is 1. The average Bonchev–Trinajstić information content (AvgIpc) is 3.19. The van der Waals surface area contributed by atoms with Gasteiger partial charge in [-0.05, 0) is 48.2 Å². The highest BCUT2D eigenvalue weighted by Gasteiger charge is 2.34. The van der Waals surface area contributed by atoms with Crippen molar-refractivity contribution < 1.29 is 18.7 Å². The second-order valence-corrected chi connectivity index (χ2v) is 8.82. The molecule has 6 nitrogen and oxygen atoms in total. The van der Waals surface area contributed by atoms with Crippen LogP contribution < -0.4 is 0 Å². The number of esters is 1. The van der Waals surface area contributed by atoms with Gasteiger partial charge in [0.05, 0.1) is 23.8 Å². The van der Waals surface area contributed by atoms with E-state index in [4.69, 9.17) is 14.7 Å². The summed E-state index contributed by atoms with van der Waals surface area (Å²) in [5.74, 6) is -0.705. The fourth-order valence-corrected chi connectivity index (χ4v) is 5.02. The summed E-state index contributed by atoms with van der Waals surface area (Å²) in [4.78, 5) is 16.7. The number of rotatable bonds is 4. The lowest BCUT2D eigenvalue weighted by atomic mass is 9.96. The number of ether oxygens (including phenoxy) is 2. The van der Waals surface area contributed by atoms with Gasteiger partial charge in [0, 0.05) is 44.3 Å². The predicted molar refractivity (Wildman–Crippen MR) is 116 cm³/mol. The lowest BCUT2D eigenvalue weighted by molar-refractivity contribution is -0.0901. The highest BCUT2D eigenvalue weighted by atomic mass is 19.1. The van der Waals surface area contributed by atoms with Gasteiger partial charge in [-0.25, -0.2) is 9.18 Å². The molecule has 0 aliphatic carbocycles. The monoisotopic (exact) mass is 435 g/mol. The molecular formula is C25H26FN3O3. The van der Waals surface area contributed by atoms with Crippen LogP contribution in [0.15, 0.2) is 30.3 Å². The maximum atomic E-state index is 14.0. The Labute approximate surface area is 187 Å². The first-order chi connectivity index (χ1) is 15.5. The minimum atomic E-state index is -0.488. The van der Waals surface area contributed by atoms with Crippen molar-refractivity contribution >= 4 is 5.97 Å². The molecule has 2 fully saturated rings. The molecule has 0 aromatic heterocycles. The van der Waals surface area contributed by atoms with Crippen LogP contribution in [0.1, 0.15) is 44.3 Å². The normalized spacial score (nSPS) is 23.3. The van der Waals surface area contributed by atoms with Crippen LogP contribution in [0.5, 0.6) is 0 Å². The summed E-state index contributed by atoms with van der Waals surface area (Å²) in [6.45, 7) is 7.65. The molecule has 166 valence electrons. The minimum absolute atomic E-state index is 0.0637. The Morgan fingerprint density at radius 2 is 2.09 bits per heavy atom. The highest BCUT2D eigenvalue weighted by molar-refractivity contribution is 5.93. The zero-order chi connectivity index (χ0) is 22.2. The molecule has 0 amide bonds. The fourth-order valence-electron chi connectivity index (χ4n) is 5.02. The molecule has 3 heterocycles. The molecule has 0 saturated carbocycles. The van der Waals surface area contributed by atoms with E-state index in [1.54, 1.807) is 6.07 Å². The van der Waals surface area contributed by atoms with Crippen LogP contribution in [0.4, 0.5) is 4.39 Å². The van der Waals surface area contributed by atoms with Crippen molar-refractivity contribution in [3.63, 3.8) is 0 Å². The van der Waals surface area contributed by atoms with Crippen LogP contribution in [-0.2, 0) is 22.5 Å². The summed E-state index contributed by atoms with van der Waals surface area (Å²) in [6, 6.07) is 10.9. The number of hydrogen-bond donors (Lipinski definition) is 0. The summed E-state index contributed by atoms with van der Waals surface area (Å²) in [7, 11) is 0. The molecule has 32 heavy (non-hydrogen) atoms. The van der Waals surface area contributed by atoms with Gasteiger partial charge in [-0.2, -0.15) is 5.26 Å². The number of fused-ring (bicyclic) bond motifs is 2. The van der Waals surface area contributed by atoms with Gasteiger partial charge in [-0.3, -0.25) is 4.90 Å². The largest absolute Gasteiger partial charge is 0.457 e. The van der Waals surface area contributed by atoms with Crippen molar-refractivity contribution in [1.29, 1.82) is 5.26 Å². The Morgan fingerprint density at radius 1 is 1.22 bits per heavy atom. The molecule has 0 spiro atoms. The summed E-state index contributed by atoms with van der Waals surface area (Å²) < 4.78 is 25.3. The number of hydrogen-bond acceptors (Lipinski definition) is 6. The summed E-state index contributed by atoms with van der Waals surface area (Å²) >= 11 is 0. The number of carbonyl (C=O) groups excluding carboxylic acids is 1. The first-order valence-electron chi connectivity index (χ1n) is 11.1. The summed E-state index contributed by atoms with van der Waals surface area (Å²) in [6.07, 6.45) is 0.771. The number of morpholine rings is 1. The average molecular weight is 435 g/mol. The topological polar surface area (TPSA) is 65.8 Å². The van der Waals surface area contributed by atoms with Crippen LogP contribution in [0.25, 0.3) is 0 Å². The third kappa shape index (κ3) is 3.90. The number of cyclic esters (lactones) is 1.